The van der Waals surface area contributed by atoms with E-state index < -0.39 is 12.0 Å². The van der Waals surface area contributed by atoms with Gasteiger partial charge in [0.2, 0.25) is 0 Å². The Morgan fingerprint density at radius 3 is 2.35 bits per heavy atom. The second-order valence-corrected chi connectivity index (χ2v) is 12.5. The van der Waals surface area contributed by atoms with Gasteiger partial charge in [-0.25, -0.2) is 9.79 Å². The summed E-state index contributed by atoms with van der Waals surface area (Å²) in [6.07, 6.45) is 1.72. The Balaban J connectivity index is 1.49. The van der Waals surface area contributed by atoms with Crippen LogP contribution in [0.3, 0.4) is 0 Å². The second-order valence-electron chi connectivity index (χ2n) is 10.7. The van der Waals surface area contributed by atoms with Crippen molar-refractivity contribution in [3.63, 3.8) is 0 Å². The second kappa shape index (κ2) is 14.5. The third-order valence-corrected chi connectivity index (χ3v) is 9.17. The van der Waals surface area contributed by atoms with E-state index in [1.54, 1.807) is 61.1 Å². The largest absolute Gasteiger partial charge is 0.497 e. The number of carbonyl (C=O) groups is 1. The highest BCUT2D eigenvalue weighted by atomic mass is 35.5. The molecule has 0 spiro atoms. The number of fused-ring (bicyclic) bond motifs is 1. The SMILES string of the molecule is CCOC(=O)C1=C(c2ccccc2)N=c2s/c(=C\c3cc(Cl)c(OCc4ccc(Cl)cc4)c(OC)c3)c(=O)n2[C@H]1c1ccc(OC)cc1. The number of aromatic nitrogens is 1. The van der Waals surface area contributed by atoms with Crippen LogP contribution in [-0.4, -0.2) is 31.4 Å². The highest BCUT2D eigenvalue weighted by Crippen LogP contribution is 2.38. The van der Waals surface area contributed by atoms with Gasteiger partial charge in [0.05, 0.1) is 47.7 Å². The van der Waals surface area contributed by atoms with E-state index in [0.29, 0.717) is 53.5 Å². The van der Waals surface area contributed by atoms with Crippen LogP contribution in [0.1, 0.15) is 35.2 Å². The Morgan fingerprint density at radius 1 is 0.958 bits per heavy atom. The van der Waals surface area contributed by atoms with Crippen LogP contribution in [0.25, 0.3) is 11.8 Å². The number of methoxy groups -OCH3 is 2. The van der Waals surface area contributed by atoms with Crippen LogP contribution in [0, 0.1) is 0 Å². The number of rotatable bonds is 10. The van der Waals surface area contributed by atoms with Crippen LogP contribution >= 0.6 is 34.5 Å². The summed E-state index contributed by atoms with van der Waals surface area (Å²) in [5.41, 5.74) is 3.32. The Labute approximate surface area is 290 Å². The van der Waals surface area contributed by atoms with E-state index >= 15 is 0 Å². The third kappa shape index (κ3) is 6.75. The van der Waals surface area contributed by atoms with Crippen molar-refractivity contribution < 1.29 is 23.7 Å². The Bertz CT molecular complexity index is 2180. The summed E-state index contributed by atoms with van der Waals surface area (Å²) in [5.74, 6) is 0.866. The summed E-state index contributed by atoms with van der Waals surface area (Å²) in [6.45, 7) is 2.15. The van der Waals surface area contributed by atoms with Gasteiger partial charge in [-0.1, -0.05) is 89.1 Å². The van der Waals surface area contributed by atoms with Crippen molar-refractivity contribution in [1.82, 2.24) is 4.57 Å². The fourth-order valence-corrected chi connectivity index (χ4v) is 6.79. The number of carbonyl (C=O) groups excluding carboxylic acids is 1. The molecular formula is C37H30Cl2N2O6S. The molecule has 5 aromatic rings. The van der Waals surface area contributed by atoms with E-state index in [4.69, 9.17) is 47.1 Å². The summed E-state index contributed by atoms with van der Waals surface area (Å²) >= 11 is 13.9. The molecule has 2 heterocycles. The number of halogens is 2. The van der Waals surface area contributed by atoms with E-state index in [1.165, 1.54) is 18.4 Å². The van der Waals surface area contributed by atoms with Gasteiger partial charge >= 0.3 is 5.97 Å². The molecule has 0 amide bonds. The van der Waals surface area contributed by atoms with Crippen LogP contribution in [0.2, 0.25) is 10.0 Å². The zero-order valence-electron chi connectivity index (χ0n) is 26.2. The third-order valence-electron chi connectivity index (χ3n) is 7.65. The molecule has 1 aliphatic heterocycles. The predicted octanol–water partition coefficient (Wildman–Crippen LogP) is 6.84. The molecule has 0 unspecified atom stereocenters. The topological polar surface area (TPSA) is 88.4 Å². The minimum atomic E-state index is -0.815. The lowest BCUT2D eigenvalue weighted by Gasteiger charge is -2.26. The molecule has 48 heavy (non-hydrogen) atoms. The molecule has 4 aromatic carbocycles. The number of nitrogens with zero attached hydrogens (tertiary/aromatic N) is 2. The molecule has 11 heteroatoms. The molecule has 0 aliphatic carbocycles. The first-order chi connectivity index (χ1) is 23.3. The normalized spacial score (nSPS) is 14.3. The average Bonchev–Trinajstić information content (AvgIpc) is 3.41. The molecule has 1 atom stereocenters. The van der Waals surface area contributed by atoms with Gasteiger partial charge in [-0.05, 0) is 66.1 Å². The summed E-state index contributed by atoms with van der Waals surface area (Å²) in [6, 6.07) is 26.6. The summed E-state index contributed by atoms with van der Waals surface area (Å²) < 4.78 is 24.5. The van der Waals surface area contributed by atoms with Crippen molar-refractivity contribution in [2.45, 2.75) is 19.6 Å². The van der Waals surface area contributed by atoms with Gasteiger partial charge in [0, 0.05) is 10.6 Å². The quantitative estimate of drug-likeness (QED) is 0.148. The van der Waals surface area contributed by atoms with E-state index in [-0.39, 0.29) is 24.3 Å². The fraction of sp³-hybridized carbons (Fsp3) is 0.162. The average molecular weight is 702 g/mol. The molecule has 1 aromatic heterocycles. The number of hydrogen-bond acceptors (Lipinski definition) is 8. The maximum Gasteiger partial charge on any atom is 0.338 e. The lowest BCUT2D eigenvalue weighted by molar-refractivity contribution is -0.138. The highest BCUT2D eigenvalue weighted by Gasteiger charge is 2.35. The van der Waals surface area contributed by atoms with Crippen LogP contribution in [0.15, 0.2) is 106 Å². The number of ether oxygens (including phenoxy) is 4. The van der Waals surface area contributed by atoms with Crippen LogP contribution in [0.5, 0.6) is 17.2 Å². The zero-order valence-corrected chi connectivity index (χ0v) is 28.6. The number of esters is 1. The first kappa shape index (κ1) is 33.1. The molecule has 0 fully saturated rings. The zero-order chi connectivity index (χ0) is 33.8. The molecule has 0 saturated heterocycles. The summed E-state index contributed by atoms with van der Waals surface area (Å²) in [5, 5.41) is 0.946. The molecular weight excluding hydrogens is 671 g/mol. The first-order valence-electron chi connectivity index (χ1n) is 15.0. The van der Waals surface area contributed by atoms with Gasteiger partial charge in [-0.2, -0.15) is 0 Å². The number of hydrogen-bond donors (Lipinski definition) is 0. The van der Waals surface area contributed by atoms with E-state index in [9.17, 15) is 9.59 Å². The van der Waals surface area contributed by atoms with Gasteiger partial charge in [-0.3, -0.25) is 9.36 Å². The van der Waals surface area contributed by atoms with E-state index in [0.717, 1.165) is 11.1 Å². The van der Waals surface area contributed by atoms with Crippen molar-refractivity contribution >= 4 is 52.3 Å². The van der Waals surface area contributed by atoms with Crippen molar-refractivity contribution in [2.24, 2.45) is 4.99 Å². The lowest BCUT2D eigenvalue weighted by atomic mass is 9.93. The van der Waals surface area contributed by atoms with Crippen molar-refractivity contribution in [1.29, 1.82) is 0 Å². The van der Waals surface area contributed by atoms with Crippen LogP contribution in [-0.2, 0) is 16.1 Å². The van der Waals surface area contributed by atoms with Gasteiger partial charge in [-0.15, -0.1) is 0 Å². The lowest BCUT2D eigenvalue weighted by Crippen LogP contribution is -2.40. The predicted molar refractivity (Wildman–Crippen MR) is 188 cm³/mol. The molecule has 0 saturated carbocycles. The highest BCUT2D eigenvalue weighted by molar-refractivity contribution is 7.07. The Morgan fingerprint density at radius 2 is 1.69 bits per heavy atom. The molecule has 6 rings (SSSR count). The summed E-state index contributed by atoms with van der Waals surface area (Å²) in [7, 11) is 3.10. The Kier molecular flexibility index (Phi) is 10.0. The smallest absolute Gasteiger partial charge is 0.338 e. The van der Waals surface area contributed by atoms with Gasteiger partial charge in [0.25, 0.3) is 5.56 Å². The van der Waals surface area contributed by atoms with E-state index in [1.807, 2.05) is 54.6 Å². The molecule has 0 bridgehead atoms. The molecule has 8 nitrogen and oxygen atoms in total. The van der Waals surface area contributed by atoms with Crippen molar-refractivity contribution in [3.8, 4) is 17.2 Å². The maximum atomic E-state index is 14.3. The van der Waals surface area contributed by atoms with Crippen LogP contribution in [0.4, 0.5) is 0 Å². The first-order valence-corrected chi connectivity index (χ1v) is 16.6. The van der Waals surface area contributed by atoms with Crippen LogP contribution < -0.4 is 29.1 Å². The molecule has 1 aliphatic rings. The molecule has 0 radical (unpaired) electrons. The van der Waals surface area contributed by atoms with Crippen molar-refractivity contribution in [2.75, 3.05) is 20.8 Å². The van der Waals surface area contributed by atoms with Gasteiger partial charge in [0.15, 0.2) is 16.3 Å². The van der Waals surface area contributed by atoms with Gasteiger partial charge < -0.3 is 18.9 Å². The molecule has 0 N–H and O–H groups in total. The monoisotopic (exact) mass is 700 g/mol. The minimum absolute atomic E-state index is 0.159. The number of thiazole rings is 1. The Hall–Kier alpha value is -4.83. The van der Waals surface area contributed by atoms with E-state index in [2.05, 4.69) is 0 Å². The number of benzene rings is 4. The van der Waals surface area contributed by atoms with Gasteiger partial charge in [0.1, 0.15) is 12.4 Å². The van der Waals surface area contributed by atoms with Crippen molar-refractivity contribution in [3.05, 3.63) is 149 Å². The molecule has 244 valence electrons. The summed E-state index contributed by atoms with van der Waals surface area (Å²) in [4.78, 5) is 33.3. The standard InChI is InChI=1S/C37H30Cl2N2O6S/c1-4-46-36(43)31-32(24-8-6-5-7-9-24)40-37-41(33(31)25-12-16-27(44-2)17-13-25)35(42)30(48-37)20-23-18-28(39)34(29(19-23)45-3)47-21-22-10-14-26(38)15-11-22/h5-20,33H,4,21H2,1-3H3/b30-20-/t33-/m0/s1. The maximum absolute atomic E-state index is 14.3. The fourth-order valence-electron chi connectivity index (χ4n) is 5.39. The minimum Gasteiger partial charge on any atom is -0.497 e.